The Labute approximate surface area is 366 Å². The molecule has 0 radical (unpaired) electrons. The van der Waals surface area contributed by atoms with E-state index >= 15 is 0 Å². The molecule has 0 bridgehead atoms. The van der Waals surface area contributed by atoms with Crippen LogP contribution in [0.5, 0.6) is 0 Å². The maximum Gasteiger partial charge on any atom is 0.164 e. The second-order valence-electron chi connectivity index (χ2n) is 16.0. The molecule has 0 saturated carbocycles. The Hall–Kier alpha value is -8.19. The largest absolute Gasteiger partial charge is 0.307 e. The third kappa shape index (κ3) is 5.66. The lowest BCUT2D eigenvalue weighted by Crippen LogP contribution is -2.00. The maximum atomic E-state index is 5.08. The van der Waals surface area contributed by atoms with Crippen LogP contribution in [0.15, 0.2) is 212 Å². The van der Waals surface area contributed by atoms with E-state index in [1.54, 1.807) is 0 Å². The van der Waals surface area contributed by atoms with Crippen LogP contribution >= 0.6 is 11.3 Å². The van der Waals surface area contributed by atoms with Crippen molar-refractivity contribution in [1.29, 1.82) is 0 Å². The van der Waals surface area contributed by atoms with Crippen molar-refractivity contribution in [3.05, 3.63) is 212 Å². The summed E-state index contributed by atoms with van der Waals surface area (Å²) in [6.07, 6.45) is 0. The van der Waals surface area contributed by atoms with E-state index in [9.17, 15) is 0 Å². The molecular formula is C57H35N5S. The van der Waals surface area contributed by atoms with Crippen LogP contribution in [0.2, 0.25) is 0 Å². The highest BCUT2D eigenvalue weighted by Crippen LogP contribution is 2.46. The first-order valence-corrected chi connectivity index (χ1v) is 22.0. The molecule has 5 nitrogen and oxygen atoms in total. The molecule has 9 aromatic carbocycles. The number of rotatable bonds is 6. The van der Waals surface area contributed by atoms with Gasteiger partial charge in [0.05, 0.1) is 32.5 Å². The van der Waals surface area contributed by atoms with Crippen molar-refractivity contribution in [1.82, 2.24) is 24.1 Å². The van der Waals surface area contributed by atoms with Gasteiger partial charge in [0.25, 0.3) is 0 Å². The van der Waals surface area contributed by atoms with E-state index in [4.69, 9.17) is 15.0 Å². The monoisotopic (exact) mass is 821 g/mol. The van der Waals surface area contributed by atoms with Crippen molar-refractivity contribution >= 4 is 75.1 Å². The fraction of sp³-hybridized carbons (Fsp3) is 0. The Kier molecular flexibility index (Phi) is 8.01. The summed E-state index contributed by atoms with van der Waals surface area (Å²) in [5.74, 6) is 1.95. The first-order valence-electron chi connectivity index (χ1n) is 21.2. The highest BCUT2D eigenvalue weighted by atomic mass is 32.1. The molecule has 0 aliphatic carbocycles. The predicted molar refractivity (Wildman–Crippen MR) is 263 cm³/mol. The average molecular weight is 822 g/mol. The standard InChI is InChI=1S/C57H35N5S/c1-5-16-36(17-6-1)39-28-32-49-46(34-39)42-24-13-14-26-48(42)62(49)50-27-15-25-43-44-30-31-45-47-35-40(29-33-51(47)63-54(45)53(44)61(52(43)50)41-22-11-4-12-23-41)57-59-55(37-18-7-2-8-19-37)58-56(60-57)38-20-9-3-10-21-38/h1-35H. The molecule has 0 aliphatic rings. The van der Waals surface area contributed by atoms with Crippen molar-refractivity contribution in [3.63, 3.8) is 0 Å². The van der Waals surface area contributed by atoms with E-state index in [1.165, 1.54) is 74.9 Å². The fourth-order valence-corrected chi connectivity index (χ4v) is 10.7. The minimum Gasteiger partial charge on any atom is -0.307 e. The molecule has 0 aliphatic heterocycles. The molecule has 6 heteroatoms. The Bertz CT molecular complexity index is 3830. The van der Waals surface area contributed by atoms with Gasteiger partial charge in [-0.1, -0.05) is 158 Å². The van der Waals surface area contributed by atoms with E-state index in [0.717, 1.165) is 28.1 Å². The second-order valence-corrected chi connectivity index (χ2v) is 17.0. The van der Waals surface area contributed by atoms with Gasteiger partial charge in [-0.2, -0.15) is 0 Å². The first-order chi connectivity index (χ1) is 31.2. The molecule has 13 aromatic rings. The topological polar surface area (TPSA) is 48.5 Å². The third-order valence-electron chi connectivity index (χ3n) is 12.4. The number of para-hydroxylation sites is 3. The molecule has 294 valence electrons. The molecule has 0 amide bonds. The summed E-state index contributed by atoms with van der Waals surface area (Å²) in [4.78, 5) is 15.1. The summed E-state index contributed by atoms with van der Waals surface area (Å²) >= 11 is 1.85. The zero-order valence-corrected chi connectivity index (χ0v) is 34.7. The van der Waals surface area contributed by atoms with Crippen LogP contribution in [0, 0.1) is 0 Å². The number of fused-ring (bicyclic) bond motifs is 10. The van der Waals surface area contributed by atoms with Crippen LogP contribution in [0.25, 0.3) is 120 Å². The van der Waals surface area contributed by atoms with Gasteiger partial charge in [-0.05, 0) is 65.7 Å². The van der Waals surface area contributed by atoms with E-state index in [0.29, 0.717) is 17.5 Å². The SMILES string of the molecule is c1ccc(-c2ccc3c(c2)c2ccccc2n3-c2cccc3c4ccc5c6cc(-c7nc(-c8ccccc8)nc(-c8ccccc8)n7)ccc6sc5c4n(-c4ccccc4)c23)cc1. The lowest BCUT2D eigenvalue weighted by atomic mass is 10.0. The molecular weight excluding hydrogens is 787 g/mol. The Balaban J connectivity index is 1.06. The van der Waals surface area contributed by atoms with Gasteiger partial charge in [-0.3, -0.25) is 0 Å². The van der Waals surface area contributed by atoms with Crippen LogP contribution in [0.4, 0.5) is 0 Å². The summed E-state index contributed by atoms with van der Waals surface area (Å²) < 4.78 is 7.42. The molecule has 0 saturated heterocycles. The van der Waals surface area contributed by atoms with E-state index < -0.39 is 0 Å². The zero-order chi connectivity index (χ0) is 41.4. The second kappa shape index (κ2) is 14.2. The van der Waals surface area contributed by atoms with Crippen molar-refractivity contribution in [2.24, 2.45) is 0 Å². The molecule has 0 fully saturated rings. The molecule has 63 heavy (non-hydrogen) atoms. The Morgan fingerprint density at radius 1 is 0.317 bits per heavy atom. The Morgan fingerprint density at radius 2 is 0.857 bits per heavy atom. The number of aromatic nitrogens is 5. The summed E-state index contributed by atoms with van der Waals surface area (Å²) in [7, 11) is 0. The maximum absolute atomic E-state index is 5.08. The highest BCUT2D eigenvalue weighted by Gasteiger charge is 2.23. The third-order valence-corrected chi connectivity index (χ3v) is 13.6. The quantitative estimate of drug-likeness (QED) is 0.168. The van der Waals surface area contributed by atoms with Gasteiger partial charge in [0, 0.05) is 59.4 Å². The van der Waals surface area contributed by atoms with Crippen LogP contribution in [0.3, 0.4) is 0 Å². The van der Waals surface area contributed by atoms with Crippen molar-refractivity contribution < 1.29 is 0 Å². The van der Waals surface area contributed by atoms with Gasteiger partial charge in [0.15, 0.2) is 17.5 Å². The van der Waals surface area contributed by atoms with Gasteiger partial charge in [0.1, 0.15) is 0 Å². The van der Waals surface area contributed by atoms with Gasteiger partial charge in [-0.25, -0.2) is 15.0 Å². The minimum absolute atomic E-state index is 0.648. The molecule has 4 heterocycles. The number of thiophene rings is 1. The summed E-state index contributed by atoms with van der Waals surface area (Å²) in [6.45, 7) is 0. The number of hydrogen-bond donors (Lipinski definition) is 0. The van der Waals surface area contributed by atoms with Crippen LogP contribution in [-0.4, -0.2) is 24.1 Å². The number of nitrogens with zero attached hydrogens (tertiary/aromatic N) is 5. The van der Waals surface area contributed by atoms with Crippen molar-refractivity contribution in [3.8, 4) is 56.7 Å². The van der Waals surface area contributed by atoms with Crippen LogP contribution < -0.4 is 0 Å². The summed E-state index contributed by atoms with van der Waals surface area (Å²) in [5.41, 5.74) is 12.3. The Morgan fingerprint density at radius 3 is 1.57 bits per heavy atom. The molecule has 0 N–H and O–H groups in total. The van der Waals surface area contributed by atoms with Crippen LogP contribution in [0.1, 0.15) is 0 Å². The fourth-order valence-electron chi connectivity index (χ4n) is 9.50. The molecule has 0 atom stereocenters. The lowest BCUT2D eigenvalue weighted by Gasteiger charge is -2.14. The van der Waals surface area contributed by atoms with Gasteiger partial charge >= 0.3 is 0 Å². The predicted octanol–water partition coefficient (Wildman–Crippen LogP) is 15.1. The molecule has 4 aromatic heterocycles. The minimum atomic E-state index is 0.648. The molecule has 13 rings (SSSR count). The highest BCUT2D eigenvalue weighted by molar-refractivity contribution is 7.26. The first kappa shape index (κ1) is 35.6. The van der Waals surface area contributed by atoms with E-state index in [1.807, 2.05) is 47.7 Å². The summed E-state index contributed by atoms with van der Waals surface area (Å²) in [6, 6.07) is 75.6. The molecule has 0 spiro atoms. The van der Waals surface area contributed by atoms with Gasteiger partial charge < -0.3 is 9.13 Å². The van der Waals surface area contributed by atoms with E-state index in [-0.39, 0.29) is 0 Å². The van der Waals surface area contributed by atoms with Gasteiger partial charge in [0.2, 0.25) is 0 Å². The zero-order valence-electron chi connectivity index (χ0n) is 33.9. The van der Waals surface area contributed by atoms with Gasteiger partial charge in [-0.15, -0.1) is 11.3 Å². The summed E-state index contributed by atoms with van der Waals surface area (Å²) in [5, 5.41) is 7.29. The molecule has 0 unspecified atom stereocenters. The van der Waals surface area contributed by atoms with Crippen molar-refractivity contribution in [2.75, 3.05) is 0 Å². The smallest absolute Gasteiger partial charge is 0.164 e. The van der Waals surface area contributed by atoms with E-state index in [2.05, 4.69) is 185 Å². The average Bonchev–Trinajstić information content (AvgIpc) is 4.02. The number of benzene rings is 9. The number of hydrogen-bond acceptors (Lipinski definition) is 4. The normalized spacial score (nSPS) is 11.8. The van der Waals surface area contributed by atoms with Crippen LogP contribution in [-0.2, 0) is 0 Å². The van der Waals surface area contributed by atoms with Crippen molar-refractivity contribution in [2.45, 2.75) is 0 Å². The lowest BCUT2D eigenvalue weighted by molar-refractivity contribution is 1.07.